The minimum atomic E-state index is -1.49. The lowest BCUT2D eigenvalue weighted by molar-refractivity contribution is 0.425. The summed E-state index contributed by atoms with van der Waals surface area (Å²) in [5, 5.41) is 18.1. The predicted octanol–water partition coefficient (Wildman–Crippen LogP) is 2.14. The van der Waals surface area contributed by atoms with Gasteiger partial charge in [0.1, 0.15) is 11.6 Å². The highest BCUT2D eigenvalue weighted by atomic mass is 35.5. The Hall–Kier alpha value is -4.21. The highest BCUT2D eigenvalue weighted by Gasteiger charge is 2.22. The topological polar surface area (TPSA) is 202 Å². The Morgan fingerprint density at radius 3 is 1.66 bits per heavy atom. The van der Waals surface area contributed by atoms with E-state index in [9.17, 15) is 0 Å². The molecule has 4 aromatic rings. The van der Waals surface area contributed by atoms with E-state index in [1.54, 1.807) is 30.7 Å². The van der Waals surface area contributed by atoms with Gasteiger partial charge in [0.2, 0.25) is 17.2 Å². The predicted molar refractivity (Wildman–Crippen MR) is 172 cm³/mol. The molecule has 2 aliphatic heterocycles. The van der Waals surface area contributed by atoms with Crippen LogP contribution in [-0.4, -0.2) is 82.2 Å². The standard InChI is InChI=1S/C14H18N6.C10H16BN3O2.C4H4ClN3/c1-10-4-2-3-7-20(10)14-17-8-11(9-18-14)13-16-6-5-12(15)19-13;1-8-4-2-3-5-14(8)10-12-6-9(7-13-10)11(15)16;5-4-7-2-1-3(6)8-4/h5-6,8-10H,2-4,7H2,1H3,(H2,15,16,19);6-8,15-16H,2-5H2,1H3;1-2H,(H2,6,7,8)/t10-;8-;/m00./s1. The van der Waals surface area contributed by atoms with E-state index in [-0.39, 0.29) is 5.28 Å². The fourth-order valence-electron chi connectivity index (χ4n) is 4.85. The van der Waals surface area contributed by atoms with Crippen molar-refractivity contribution in [2.75, 3.05) is 34.4 Å². The zero-order valence-electron chi connectivity index (χ0n) is 24.9. The van der Waals surface area contributed by atoms with Crippen LogP contribution in [0.2, 0.25) is 5.28 Å². The minimum Gasteiger partial charge on any atom is -0.423 e. The molecule has 2 aliphatic rings. The highest BCUT2D eigenvalue weighted by molar-refractivity contribution is 6.58. The summed E-state index contributed by atoms with van der Waals surface area (Å²) < 4.78 is 0. The lowest BCUT2D eigenvalue weighted by Crippen LogP contribution is -2.39. The number of rotatable bonds is 4. The van der Waals surface area contributed by atoms with Crippen molar-refractivity contribution in [2.45, 2.75) is 64.5 Å². The van der Waals surface area contributed by atoms with Gasteiger partial charge in [0.15, 0.2) is 5.82 Å². The van der Waals surface area contributed by atoms with Crippen molar-refractivity contribution in [3.8, 4) is 11.4 Å². The molecule has 16 heteroatoms. The van der Waals surface area contributed by atoms with Gasteiger partial charge in [-0.1, -0.05) is 0 Å². The van der Waals surface area contributed by atoms with E-state index in [1.807, 2.05) is 0 Å². The van der Waals surface area contributed by atoms with Crippen LogP contribution in [0.3, 0.4) is 0 Å². The molecular weight excluding hydrogens is 583 g/mol. The van der Waals surface area contributed by atoms with Crippen molar-refractivity contribution in [2.24, 2.45) is 0 Å². The molecule has 44 heavy (non-hydrogen) atoms. The summed E-state index contributed by atoms with van der Waals surface area (Å²) in [7, 11) is -1.49. The van der Waals surface area contributed by atoms with Crippen LogP contribution in [0.25, 0.3) is 11.4 Å². The molecule has 0 radical (unpaired) electrons. The first-order valence-corrected chi connectivity index (χ1v) is 15.0. The Labute approximate surface area is 262 Å². The van der Waals surface area contributed by atoms with Gasteiger partial charge in [0.25, 0.3) is 0 Å². The molecular formula is C28H38BClN12O2. The maximum absolute atomic E-state index is 8.94. The number of halogens is 1. The average Bonchev–Trinajstić information content (AvgIpc) is 3.02. The van der Waals surface area contributed by atoms with Gasteiger partial charge >= 0.3 is 7.12 Å². The van der Waals surface area contributed by atoms with E-state index >= 15 is 0 Å². The zero-order chi connectivity index (χ0) is 31.5. The SMILES string of the molecule is C[C@H]1CCCCN1c1ncc(-c2nccc(N)n2)cn1.C[C@H]1CCCCN1c1ncc(B(O)O)cn1.Nc1ccnc(Cl)n1. The Balaban J connectivity index is 0.000000164. The van der Waals surface area contributed by atoms with Crippen molar-refractivity contribution in [3.05, 3.63) is 54.6 Å². The van der Waals surface area contributed by atoms with Crippen LogP contribution < -0.4 is 26.7 Å². The number of hydrogen-bond donors (Lipinski definition) is 4. The van der Waals surface area contributed by atoms with Crippen molar-refractivity contribution in [1.82, 2.24) is 39.9 Å². The Kier molecular flexibility index (Phi) is 11.9. The van der Waals surface area contributed by atoms with Crippen molar-refractivity contribution in [1.29, 1.82) is 0 Å². The summed E-state index contributed by atoms with van der Waals surface area (Å²) in [4.78, 5) is 37.2. The van der Waals surface area contributed by atoms with Gasteiger partial charge in [-0.2, -0.15) is 0 Å². The second-order valence-electron chi connectivity index (χ2n) is 10.6. The Bertz CT molecular complexity index is 1430. The third kappa shape index (κ3) is 9.40. The highest BCUT2D eigenvalue weighted by Crippen LogP contribution is 2.23. The van der Waals surface area contributed by atoms with E-state index in [1.165, 1.54) is 44.3 Å². The van der Waals surface area contributed by atoms with E-state index in [0.29, 0.717) is 41.0 Å². The molecule has 6 rings (SSSR count). The first-order valence-electron chi connectivity index (χ1n) is 14.6. The first-order chi connectivity index (χ1) is 21.2. The largest absolute Gasteiger partial charge is 0.491 e. The number of aromatic nitrogens is 8. The number of piperidine rings is 2. The second kappa shape index (κ2) is 16.0. The molecule has 6 N–H and O–H groups in total. The molecule has 6 heterocycles. The number of nitrogens with zero attached hydrogens (tertiary/aromatic N) is 10. The van der Waals surface area contributed by atoms with Crippen LogP contribution in [0.4, 0.5) is 23.5 Å². The molecule has 0 spiro atoms. The van der Waals surface area contributed by atoms with E-state index in [0.717, 1.165) is 37.4 Å². The number of nitrogen functional groups attached to an aromatic ring is 2. The summed E-state index contributed by atoms with van der Waals surface area (Å²) >= 11 is 5.34. The first kappa shape index (κ1) is 32.7. The summed E-state index contributed by atoms with van der Waals surface area (Å²) in [6, 6.07) is 4.19. The molecule has 0 aliphatic carbocycles. The van der Waals surface area contributed by atoms with Crippen LogP contribution >= 0.6 is 11.6 Å². The smallest absolute Gasteiger partial charge is 0.423 e. The van der Waals surface area contributed by atoms with Crippen LogP contribution in [0.1, 0.15) is 52.4 Å². The van der Waals surface area contributed by atoms with E-state index in [4.69, 9.17) is 33.1 Å². The maximum atomic E-state index is 8.94. The van der Waals surface area contributed by atoms with Crippen molar-refractivity contribution < 1.29 is 10.0 Å². The molecule has 2 saturated heterocycles. The van der Waals surface area contributed by atoms with Gasteiger partial charge in [-0.25, -0.2) is 39.9 Å². The van der Waals surface area contributed by atoms with Crippen molar-refractivity contribution in [3.63, 3.8) is 0 Å². The second-order valence-corrected chi connectivity index (χ2v) is 10.9. The monoisotopic (exact) mass is 620 g/mol. The van der Waals surface area contributed by atoms with Gasteiger partial charge < -0.3 is 31.3 Å². The molecule has 0 aromatic carbocycles. The molecule has 0 amide bonds. The lowest BCUT2D eigenvalue weighted by Gasteiger charge is -2.33. The molecule has 0 unspecified atom stereocenters. The molecule has 2 fully saturated rings. The Morgan fingerprint density at radius 2 is 1.23 bits per heavy atom. The summed E-state index contributed by atoms with van der Waals surface area (Å²) in [5.41, 5.74) is 12.0. The molecule has 2 atom stereocenters. The number of nitrogens with two attached hydrogens (primary N) is 2. The van der Waals surface area contributed by atoms with E-state index in [2.05, 4.69) is 63.5 Å². The minimum absolute atomic E-state index is 0.185. The maximum Gasteiger partial charge on any atom is 0.491 e. The molecule has 0 bridgehead atoms. The third-order valence-electron chi connectivity index (χ3n) is 7.30. The van der Waals surface area contributed by atoms with Crippen LogP contribution in [-0.2, 0) is 0 Å². The zero-order valence-corrected chi connectivity index (χ0v) is 25.7. The summed E-state index contributed by atoms with van der Waals surface area (Å²) in [6.45, 7) is 6.38. The number of hydrogen-bond acceptors (Lipinski definition) is 14. The van der Waals surface area contributed by atoms with Gasteiger partial charge in [-0.3, -0.25) is 0 Å². The fraction of sp³-hybridized carbons (Fsp3) is 0.429. The van der Waals surface area contributed by atoms with Crippen LogP contribution in [0, 0.1) is 0 Å². The Morgan fingerprint density at radius 1 is 0.727 bits per heavy atom. The molecule has 0 saturated carbocycles. The normalized spacial score (nSPS) is 17.9. The van der Waals surface area contributed by atoms with Gasteiger partial charge in [0.05, 0.1) is 5.56 Å². The quantitative estimate of drug-likeness (QED) is 0.191. The van der Waals surface area contributed by atoms with Crippen molar-refractivity contribution >= 4 is 47.7 Å². The van der Waals surface area contributed by atoms with Gasteiger partial charge in [-0.15, -0.1) is 0 Å². The molecule has 232 valence electrons. The molecule has 4 aromatic heterocycles. The van der Waals surface area contributed by atoms with Gasteiger partial charge in [-0.05, 0) is 76.1 Å². The average molecular weight is 621 g/mol. The van der Waals surface area contributed by atoms with Crippen LogP contribution in [0.15, 0.2) is 49.3 Å². The summed E-state index contributed by atoms with van der Waals surface area (Å²) in [5.74, 6) is 2.86. The van der Waals surface area contributed by atoms with Gasteiger partial charge in [0, 0.05) is 67.8 Å². The third-order valence-corrected chi connectivity index (χ3v) is 7.48. The lowest BCUT2D eigenvalue weighted by atomic mass is 9.83. The summed E-state index contributed by atoms with van der Waals surface area (Å²) in [6.07, 6.45) is 16.9. The molecule has 14 nitrogen and oxygen atoms in total. The fourth-order valence-corrected chi connectivity index (χ4v) is 5.00. The van der Waals surface area contributed by atoms with Crippen LogP contribution in [0.5, 0.6) is 0 Å². The van der Waals surface area contributed by atoms with E-state index < -0.39 is 7.12 Å². The number of anilines is 4.